The van der Waals surface area contributed by atoms with E-state index in [0.29, 0.717) is 13.0 Å². The van der Waals surface area contributed by atoms with Gasteiger partial charge in [-0.2, -0.15) is 10.4 Å². The average molecular weight is 231 g/mol. The normalized spacial score (nSPS) is 10.3. The molecule has 4 nitrogen and oxygen atoms in total. The molecule has 0 heterocycles. The second-order valence-electron chi connectivity index (χ2n) is 3.67. The highest BCUT2D eigenvalue weighted by Gasteiger charge is 1.95. The fraction of sp³-hybridized carbons (Fsp3) is 0.385. The Morgan fingerprint density at radius 2 is 2.24 bits per heavy atom. The zero-order valence-electron chi connectivity index (χ0n) is 9.80. The van der Waals surface area contributed by atoms with E-state index in [4.69, 9.17) is 15.8 Å². The van der Waals surface area contributed by atoms with E-state index in [2.05, 4.69) is 11.2 Å². The van der Waals surface area contributed by atoms with E-state index in [-0.39, 0.29) is 0 Å². The van der Waals surface area contributed by atoms with E-state index in [1.807, 2.05) is 24.3 Å². The van der Waals surface area contributed by atoms with Crippen LogP contribution in [0.15, 0.2) is 29.4 Å². The van der Waals surface area contributed by atoms with Crippen molar-refractivity contribution in [2.45, 2.75) is 25.7 Å². The molecule has 1 aromatic carbocycles. The zero-order valence-corrected chi connectivity index (χ0v) is 9.80. The summed E-state index contributed by atoms with van der Waals surface area (Å²) < 4.78 is 5.59. The Kier molecular flexibility index (Phi) is 6.27. The summed E-state index contributed by atoms with van der Waals surface area (Å²) in [6.45, 7) is 0.675. The summed E-state index contributed by atoms with van der Waals surface area (Å²) in [6.07, 6.45) is 5.15. The van der Waals surface area contributed by atoms with E-state index in [0.717, 1.165) is 30.6 Å². The molecule has 0 spiro atoms. The molecule has 0 saturated heterocycles. The monoisotopic (exact) mass is 231 g/mol. The molecule has 90 valence electrons. The van der Waals surface area contributed by atoms with Crippen LogP contribution in [0.1, 0.15) is 31.2 Å². The summed E-state index contributed by atoms with van der Waals surface area (Å²) in [6, 6.07) is 9.75. The van der Waals surface area contributed by atoms with Crippen molar-refractivity contribution in [3.8, 4) is 11.8 Å². The molecule has 0 aliphatic heterocycles. The van der Waals surface area contributed by atoms with Gasteiger partial charge in [0.05, 0.1) is 18.9 Å². The third-order valence-electron chi connectivity index (χ3n) is 2.28. The molecule has 4 heteroatoms. The molecule has 0 radical (unpaired) electrons. The predicted molar refractivity (Wildman–Crippen MR) is 67.8 cm³/mol. The molecule has 0 atom stereocenters. The minimum Gasteiger partial charge on any atom is -0.494 e. The highest BCUT2D eigenvalue weighted by Crippen LogP contribution is 2.12. The predicted octanol–water partition coefficient (Wildman–Crippen LogP) is 2.44. The summed E-state index contributed by atoms with van der Waals surface area (Å²) in [5.41, 5.74) is 0.925. The van der Waals surface area contributed by atoms with Crippen LogP contribution in [0, 0.1) is 11.3 Å². The molecular formula is C13H17N3O. The van der Waals surface area contributed by atoms with Crippen LogP contribution < -0.4 is 10.6 Å². The smallest absolute Gasteiger partial charge is 0.119 e. The molecule has 0 aliphatic carbocycles. The Morgan fingerprint density at radius 1 is 1.35 bits per heavy atom. The first kappa shape index (κ1) is 13.0. The molecule has 0 bridgehead atoms. The summed E-state index contributed by atoms with van der Waals surface area (Å²) >= 11 is 0. The fourth-order valence-corrected chi connectivity index (χ4v) is 1.44. The molecule has 0 amide bonds. The number of nitrogens with zero attached hydrogens (tertiary/aromatic N) is 2. The molecular weight excluding hydrogens is 214 g/mol. The molecule has 0 fully saturated rings. The Bertz CT molecular complexity index is 396. The second kappa shape index (κ2) is 8.17. The van der Waals surface area contributed by atoms with Gasteiger partial charge in [-0.05, 0) is 37.0 Å². The van der Waals surface area contributed by atoms with E-state index in [1.54, 1.807) is 6.21 Å². The minimum absolute atomic E-state index is 0.627. The Balaban J connectivity index is 2.27. The maximum absolute atomic E-state index is 8.38. The number of nitriles is 1. The van der Waals surface area contributed by atoms with Crippen LogP contribution in [-0.4, -0.2) is 12.8 Å². The van der Waals surface area contributed by atoms with Gasteiger partial charge in [-0.15, -0.1) is 0 Å². The number of unbranched alkanes of at least 4 members (excludes halogenated alkanes) is 3. The third-order valence-corrected chi connectivity index (χ3v) is 2.28. The maximum atomic E-state index is 8.38. The van der Waals surface area contributed by atoms with E-state index >= 15 is 0 Å². The van der Waals surface area contributed by atoms with Gasteiger partial charge in [-0.3, -0.25) is 0 Å². The van der Waals surface area contributed by atoms with Gasteiger partial charge >= 0.3 is 0 Å². The Hall–Kier alpha value is -2.02. The maximum Gasteiger partial charge on any atom is 0.119 e. The van der Waals surface area contributed by atoms with E-state index in [9.17, 15) is 0 Å². The lowest BCUT2D eigenvalue weighted by Crippen LogP contribution is -1.98. The lowest BCUT2D eigenvalue weighted by molar-refractivity contribution is 0.305. The summed E-state index contributed by atoms with van der Waals surface area (Å²) in [5.74, 6) is 5.90. The van der Waals surface area contributed by atoms with Crippen LogP contribution >= 0.6 is 0 Å². The molecule has 1 aromatic rings. The van der Waals surface area contributed by atoms with Gasteiger partial charge in [0.1, 0.15) is 5.75 Å². The zero-order chi connectivity index (χ0) is 12.3. The van der Waals surface area contributed by atoms with Crippen LogP contribution in [-0.2, 0) is 0 Å². The van der Waals surface area contributed by atoms with Crippen LogP contribution in [0.25, 0.3) is 0 Å². The quantitative estimate of drug-likeness (QED) is 0.339. The van der Waals surface area contributed by atoms with Crippen molar-refractivity contribution in [1.82, 2.24) is 0 Å². The number of hydrogen-bond donors (Lipinski definition) is 1. The molecule has 0 unspecified atom stereocenters. The second-order valence-corrected chi connectivity index (χ2v) is 3.67. The first-order valence-corrected chi connectivity index (χ1v) is 5.70. The minimum atomic E-state index is 0.627. The summed E-state index contributed by atoms with van der Waals surface area (Å²) in [5, 5.41) is 11.8. The summed E-state index contributed by atoms with van der Waals surface area (Å²) in [4.78, 5) is 0. The van der Waals surface area contributed by atoms with Gasteiger partial charge < -0.3 is 10.6 Å². The van der Waals surface area contributed by atoms with Crippen LogP contribution in [0.5, 0.6) is 5.75 Å². The highest BCUT2D eigenvalue weighted by molar-refractivity contribution is 5.79. The largest absolute Gasteiger partial charge is 0.494 e. The van der Waals surface area contributed by atoms with E-state index < -0.39 is 0 Å². The SMILES string of the molecule is N#CCCCCCOc1cccc(C=NN)c1. The molecule has 2 N–H and O–H groups in total. The summed E-state index contributed by atoms with van der Waals surface area (Å²) in [7, 11) is 0. The Labute approximate surface area is 102 Å². The lowest BCUT2D eigenvalue weighted by Gasteiger charge is -2.06. The first-order chi connectivity index (χ1) is 8.36. The molecule has 17 heavy (non-hydrogen) atoms. The van der Waals surface area contributed by atoms with Crippen molar-refractivity contribution >= 4 is 6.21 Å². The van der Waals surface area contributed by atoms with Gasteiger partial charge in [-0.1, -0.05) is 12.1 Å². The first-order valence-electron chi connectivity index (χ1n) is 5.70. The fourth-order valence-electron chi connectivity index (χ4n) is 1.44. The number of hydrogen-bond acceptors (Lipinski definition) is 4. The van der Waals surface area contributed by atoms with E-state index in [1.165, 1.54) is 0 Å². The van der Waals surface area contributed by atoms with Crippen LogP contribution in [0.4, 0.5) is 0 Å². The van der Waals surface area contributed by atoms with Crippen molar-refractivity contribution < 1.29 is 4.74 Å². The molecule has 1 rings (SSSR count). The number of hydrazone groups is 1. The van der Waals surface area contributed by atoms with Gasteiger partial charge in [0.25, 0.3) is 0 Å². The van der Waals surface area contributed by atoms with Gasteiger partial charge in [-0.25, -0.2) is 0 Å². The average Bonchev–Trinajstić information content (AvgIpc) is 2.35. The third kappa shape index (κ3) is 5.57. The van der Waals surface area contributed by atoms with Gasteiger partial charge in [0, 0.05) is 6.42 Å². The van der Waals surface area contributed by atoms with Gasteiger partial charge in [0.2, 0.25) is 0 Å². The standard InChI is InChI=1S/C13H17N3O/c14-8-3-1-2-4-9-17-13-7-5-6-12(10-13)11-16-15/h5-7,10-11H,1-4,9,15H2. The molecule has 0 saturated carbocycles. The van der Waals surface area contributed by atoms with Crippen molar-refractivity contribution in [2.75, 3.05) is 6.61 Å². The highest BCUT2D eigenvalue weighted by atomic mass is 16.5. The van der Waals surface area contributed by atoms with Crippen molar-refractivity contribution in [1.29, 1.82) is 5.26 Å². The number of benzene rings is 1. The van der Waals surface area contributed by atoms with Crippen molar-refractivity contribution in [3.05, 3.63) is 29.8 Å². The van der Waals surface area contributed by atoms with Crippen molar-refractivity contribution in [3.63, 3.8) is 0 Å². The number of nitrogens with two attached hydrogens (primary N) is 1. The number of ether oxygens (including phenoxy) is 1. The van der Waals surface area contributed by atoms with Crippen molar-refractivity contribution in [2.24, 2.45) is 10.9 Å². The van der Waals surface area contributed by atoms with Crippen LogP contribution in [0.2, 0.25) is 0 Å². The lowest BCUT2D eigenvalue weighted by atomic mass is 10.2. The Morgan fingerprint density at radius 3 is 3.00 bits per heavy atom. The van der Waals surface area contributed by atoms with Crippen LogP contribution in [0.3, 0.4) is 0 Å². The topological polar surface area (TPSA) is 71.4 Å². The molecule has 0 aromatic heterocycles. The van der Waals surface area contributed by atoms with Gasteiger partial charge in [0.15, 0.2) is 0 Å². The number of rotatable bonds is 7. The molecule has 0 aliphatic rings.